The van der Waals surface area contributed by atoms with Crippen molar-refractivity contribution >= 4 is 23.8 Å². The van der Waals surface area contributed by atoms with Crippen LogP contribution in [-0.2, 0) is 9.53 Å². The highest BCUT2D eigenvalue weighted by atomic mass is 32.2. The number of rotatable bonds is 10. The first kappa shape index (κ1) is 32.0. The molecule has 3 heterocycles. The van der Waals surface area contributed by atoms with Crippen LogP contribution in [0.2, 0.25) is 0 Å². The lowest BCUT2D eigenvalue weighted by atomic mass is 9.96. The van der Waals surface area contributed by atoms with Crippen molar-refractivity contribution < 1.29 is 14.3 Å². The second-order valence-electron chi connectivity index (χ2n) is 12.5. The molecule has 3 aromatic rings. The molecule has 0 bridgehead atoms. The lowest BCUT2D eigenvalue weighted by Gasteiger charge is -2.40. The summed E-state index contributed by atoms with van der Waals surface area (Å²) in [5.41, 5.74) is 2.90. The Kier molecular flexibility index (Phi) is 11.0. The predicted molar refractivity (Wildman–Crippen MR) is 176 cm³/mol. The monoisotopic (exact) mass is 615 g/mol. The van der Waals surface area contributed by atoms with Gasteiger partial charge >= 0.3 is 6.09 Å². The van der Waals surface area contributed by atoms with Gasteiger partial charge in [0.25, 0.3) is 0 Å². The molecule has 0 aliphatic carbocycles. The standard InChI is InChI=1S/C35H45N5O3S/c1-35(2,3)43-34(42)40-30(26-44-33(40)29-17-12-18-36-25-29)32(41)37-19-10-11-20-38-21-23-39(24-22-38)31(27-13-6-4-7-14-27)28-15-8-5-9-16-28/h4-9,12-18,25,30-31,33H,10-11,19-24,26H2,1-3H3,(H,37,41). The number of ether oxygens (including phenoxy) is 1. The Morgan fingerprint density at radius 3 is 2.18 bits per heavy atom. The van der Waals surface area contributed by atoms with Crippen molar-refractivity contribution in [3.05, 3.63) is 102 Å². The summed E-state index contributed by atoms with van der Waals surface area (Å²) in [6.45, 7) is 11.2. The van der Waals surface area contributed by atoms with Gasteiger partial charge in [-0.3, -0.25) is 19.6 Å². The molecule has 2 fully saturated rings. The van der Waals surface area contributed by atoms with E-state index in [1.807, 2.05) is 32.9 Å². The molecule has 2 aliphatic rings. The Balaban J connectivity index is 1.08. The molecule has 2 amide bonds. The van der Waals surface area contributed by atoms with Gasteiger partial charge in [-0.2, -0.15) is 0 Å². The first-order chi connectivity index (χ1) is 21.3. The quantitative estimate of drug-likeness (QED) is 0.292. The molecule has 1 aromatic heterocycles. The number of piperazine rings is 1. The van der Waals surface area contributed by atoms with Crippen molar-refractivity contribution in [2.24, 2.45) is 0 Å². The van der Waals surface area contributed by atoms with Crippen LogP contribution >= 0.6 is 11.8 Å². The van der Waals surface area contributed by atoms with E-state index in [-0.39, 0.29) is 17.3 Å². The average molecular weight is 616 g/mol. The fourth-order valence-electron chi connectivity index (χ4n) is 5.94. The second kappa shape index (κ2) is 15.1. The molecule has 0 saturated carbocycles. The number of hydrogen-bond donors (Lipinski definition) is 1. The molecule has 5 rings (SSSR count). The van der Waals surface area contributed by atoms with E-state index in [1.165, 1.54) is 11.1 Å². The van der Waals surface area contributed by atoms with Crippen molar-refractivity contribution in [1.29, 1.82) is 0 Å². The van der Waals surface area contributed by atoms with Crippen LogP contribution in [-0.4, -0.2) is 88.3 Å². The van der Waals surface area contributed by atoms with Gasteiger partial charge in [0.05, 0.1) is 6.04 Å². The van der Waals surface area contributed by atoms with Crippen molar-refractivity contribution in [2.45, 2.75) is 56.7 Å². The smallest absolute Gasteiger partial charge is 0.412 e. The van der Waals surface area contributed by atoms with Crippen LogP contribution in [0.1, 0.15) is 61.7 Å². The zero-order chi connectivity index (χ0) is 30.9. The minimum absolute atomic E-state index is 0.128. The van der Waals surface area contributed by atoms with Crippen molar-refractivity contribution in [3.8, 4) is 0 Å². The number of unbranched alkanes of at least 4 members (excludes halogenated alkanes) is 1. The first-order valence-corrected chi connectivity index (χ1v) is 16.7. The SMILES string of the molecule is CC(C)(C)OC(=O)N1C(C(=O)NCCCCN2CCN(C(c3ccccc3)c3ccccc3)CC2)CSC1c1cccnc1. The minimum atomic E-state index is -0.652. The molecule has 2 unspecified atom stereocenters. The number of thioether (sulfide) groups is 1. The van der Waals surface area contributed by atoms with E-state index in [4.69, 9.17) is 4.74 Å². The maximum Gasteiger partial charge on any atom is 0.412 e. The molecule has 2 aromatic carbocycles. The third kappa shape index (κ3) is 8.40. The number of nitrogens with one attached hydrogen (secondary N) is 1. The number of benzene rings is 2. The Bertz CT molecular complexity index is 1290. The molecular formula is C35H45N5O3S. The van der Waals surface area contributed by atoms with E-state index < -0.39 is 17.7 Å². The van der Waals surface area contributed by atoms with E-state index in [9.17, 15) is 9.59 Å². The highest BCUT2D eigenvalue weighted by molar-refractivity contribution is 7.99. The number of hydrogen-bond acceptors (Lipinski definition) is 7. The van der Waals surface area contributed by atoms with E-state index in [1.54, 1.807) is 29.1 Å². The van der Waals surface area contributed by atoms with Crippen LogP contribution in [0.25, 0.3) is 0 Å². The number of carbonyl (C=O) groups is 2. The highest BCUT2D eigenvalue weighted by Crippen LogP contribution is 2.42. The van der Waals surface area contributed by atoms with Crippen molar-refractivity contribution in [1.82, 2.24) is 25.0 Å². The van der Waals surface area contributed by atoms with Crippen LogP contribution < -0.4 is 5.32 Å². The fraction of sp³-hybridized carbons (Fsp3) is 0.457. The molecule has 1 N–H and O–H groups in total. The number of carbonyl (C=O) groups excluding carboxylic acids is 2. The van der Waals surface area contributed by atoms with E-state index in [0.29, 0.717) is 12.3 Å². The highest BCUT2D eigenvalue weighted by Gasteiger charge is 2.44. The predicted octanol–water partition coefficient (Wildman–Crippen LogP) is 5.74. The lowest BCUT2D eigenvalue weighted by molar-refractivity contribution is -0.125. The van der Waals surface area contributed by atoms with Gasteiger partial charge in [0.2, 0.25) is 5.91 Å². The van der Waals surface area contributed by atoms with Crippen LogP contribution in [0.15, 0.2) is 85.2 Å². The van der Waals surface area contributed by atoms with Gasteiger partial charge < -0.3 is 15.0 Å². The Morgan fingerprint density at radius 1 is 0.932 bits per heavy atom. The maximum absolute atomic E-state index is 13.3. The molecule has 2 atom stereocenters. The summed E-state index contributed by atoms with van der Waals surface area (Å²) in [4.78, 5) is 37.4. The van der Waals surface area contributed by atoms with Gasteiger partial charge in [-0.25, -0.2) is 4.79 Å². The van der Waals surface area contributed by atoms with Crippen LogP contribution in [0.4, 0.5) is 4.79 Å². The van der Waals surface area contributed by atoms with Gasteiger partial charge in [0.15, 0.2) is 0 Å². The van der Waals surface area contributed by atoms with Gasteiger partial charge in [-0.05, 0) is 57.4 Å². The molecular weight excluding hydrogens is 570 g/mol. The number of nitrogens with zero attached hydrogens (tertiary/aromatic N) is 4. The largest absolute Gasteiger partial charge is 0.444 e. The molecule has 2 saturated heterocycles. The second-order valence-corrected chi connectivity index (χ2v) is 13.6. The summed E-state index contributed by atoms with van der Waals surface area (Å²) in [6, 6.07) is 25.0. The third-order valence-corrected chi connectivity index (χ3v) is 9.40. The van der Waals surface area contributed by atoms with E-state index in [0.717, 1.165) is 51.1 Å². The summed E-state index contributed by atoms with van der Waals surface area (Å²) in [6.07, 6.45) is 4.88. The number of amides is 2. The summed E-state index contributed by atoms with van der Waals surface area (Å²) in [7, 11) is 0. The van der Waals surface area contributed by atoms with Gasteiger partial charge in [-0.15, -0.1) is 11.8 Å². The van der Waals surface area contributed by atoms with E-state index >= 15 is 0 Å². The zero-order valence-electron chi connectivity index (χ0n) is 26.1. The molecule has 9 heteroatoms. The Hall–Kier alpha value is -3.40. The molecule has 0 radical (unpaired) electrons. The van der Waals surface area contributed by atoms with Gasteiger partial charge in [0, 0.05) is 56.4 Å². The molecule has 0 spiro atoms. The summed E-state index contributed by atoms with van der Waals surface area (Å²) in [5, 5.41) is 2.79. The summed E-state index contributed by atoms with van der Waals surface area (Å²) >= 11 is 1.57. The lowest BCUT2D eigenvalue weighted by Crippen LogP contribution is -2.49. The first-order valence-electron chi connectivity index (χ1n) is 15.7. The number of pyridine rings is 1. The Labute approximate surface area is 266 Å². The third-order valence-electron chi connectivity index (χ3n) is 8.08. The molecule has 44 heavy (non-hydrogen) atoms. The summed E-state index contributed by atoms with van der Waals surface area (Å²) in [5.74, 6) is 0.387. The minimum Gasteiger partial charge on any atom is -0.444 e. The zero-order valence-corrected chi connectivity index (χ0v) is 26.9. The average Bonchev–Trinajstić information content (AvgIpc) is 3.48. The molecule has 2 aliphatic heterocycles. The van der Waals surface area contributed by atoms with E-state index in [2.05, 4.69) is 80.8 Å². The summed E-state index contributed by atoms with van der Waals surface area (Å²) < 4.78 is 5.70. The van der Waals surface area contributed by atoms with Crippen molar-refractivity contribution in [2.75, 3.05) is 45.0 Å². The normalized spacial score (nSPS) is 19.7. The topological polar surface area (TPSA) is 78.0 Å². The Morgan fingerprint density at radius 2 is 1.59 bits per heavy atom. The molecule has 234 valence electrons. The fourth-order valence-corrected chi connectivity index (χ4v) is 7.35. The maximum atomic E-state index is 13.3. The van der Waals surface area contributed by atoms with Gasteiger partial charge in [0.1, 0.15) is 17.0 Å². The molecule has 8 nitrogen and oxygen atoms in total. The van der Waals surface area contributed by atoms with Gasteiger partial charge in [-0.1, -0.05) is 66.7 Å². The van der Waals surface area contributed by atoms with Crippen LogP contribution in [0.3, 0.4) is 0 Å². The van der Waals surface area contributed by atoms with Crippen LogP contribution in [0, 0.1) is 0 Å². The van der Waals surface area contributed by atoms with Crippen LogP contribution in [0.5, 0.6) is 0 Å². The number of aromatic nitrogens is 1. The van der Waals surface area contributed by atoms with Crippen molar-refractivity contribution in [3.63, 3.8) is 0 Å².